The van der Waals surface area contributed by atoms with E-state index in [0.717, 1.165) is 5.75 Å². The van der Waals surface area contributed by atoms with Gasteiger partial charge in [-0.05, 0) is 24.3 Å². The number of Topliss-reactive ketones (excluding diaryl/α,β-unsaturated/α-hetero) is 1. The summed E-state index contributed by atoms with van der Waals surface area (Å²) in [4.78, 5) is 11.5. The Morgan fingerprint density at radius 2 is 1.48 bits per heavy atom. The average molecular weight is 296 g/mol. The summed E-state index contributed by atoms with van der Waals surface area (Å²) < 4.78 is 21.0. The third-order valence-corrected chi connectivity index (χ3v) is 2.80. The Morgan fingerprint density at radius 3 is 2.05 bits per heavy atom. The van der Waals surface area contributed by atoms with Gasteiger partial charge in [-0.1, -0.05) is 6.92 Å². The van der Waals surface area contributed by atoms with Gasteiger partial charge >= 0.3 is 0 Å². The van der Waals surface area contributed by atoms with Crippen LogP contribution in [-0.4, -0.2) is 52.5 Å². The predicted molar refractivity (Wildman–Crippen MR) is 80.1 cm³/mol. The summed E-state index contributed by atoms with van der Waals surface area (Å²) >= 11 is 0. The number of hydrogen-bond donors (Lipinski definition) is 0. The van der Waals surface area contributed by atoms with Crippen LogP contribution < -0.4 is 4.74 Å². The summed E-state index contributed by atoms with van der Waals surface area (Å²) in [5.74, 6) is 0.876. The van der Waals surface area contributed by atoms with E-state index < -0.39 is 0 Å². The fourth-order valence-corrected chi connectivity index (χ4v) is 1.62. The fraction of sp³-hybridized carbons (Fsp3) is 0.562. The van der Waals surface area contributed by atoms with Gasteiger partial charge in [0, 0.05) is 19.1 Å². The van der Waals surface area contributed by atoms with Crippen LogP contribution in [0.2, 0.25) is 0 Å². The maximum Gasteiger partial charge on any atom is 0.162 e. The summed E-state index contributed by atoms with van der Waals surface area (Å²) in [5.41, 5.74) is 0.717. The second-order valence-electron chi connectivity index (χ2n) is 4.37. The lowest BCUT2D eigenvalue weighted by atomic mass is 10.1. The molecule has 0 aliphatic rings. The molecule has 0 N–H and O–H groups in total. The molecule has 0 spiro atoms. The molecule has 0 fully saturated rings. The quantitative estimate of drug-likeness (QED) is 0.438. The normalized spacial score (nSPS) is 10.6. The molecular weight excluding hydrogens is 272 g/mol. The largest absolute Gasteiger partial charge is 0.491 e. The molecule has 0 radical (unpaired) electrons. The molecule has 5 heteroatoms. The van der Waals surface area contributed by atoms with Gasteiger partial charge in [0.2, 0.25) is 0 Å². The van der Waals surface area contributed by atoms with Gasteiger partial charge in [0.15, 0.2) is 5.78 Å². The first-order valence-corrected chi connectivity index (χ1v) is 7.18. The van der Waals surface area contributed by atoms with Gasteiger partial charge < -0.3 is 18.9 Å². The highest BCUT2D eigenvalue weighted by atomic mass is 16.6. The number of carbonyl (C=O) groups is 1. The summed E-state index contributed by atoms with van der Waals surface area (Å²) in [5, 5.41) is 0. The van der Waals surface area contributed by atoms with Crippen LogP contribution in [0, 0.1) is 0 Å². The first kappa shape index (κ1) is 17.6. The number of ether oxygens (including phenoxy) is 4. The number of methoxy groups -OCH3 is 1. The molecule has 0 bridgehead atoms. The van der Waals surface area contributed by atoms with Crippen molar-refractivity contribution in [2.75, 3.05) is 46.8 Å². The van der Waals surface area contributed by atoms with Gasteiger partial charge in [-0.25, -0.2) is 0 Å². The molecule has 0 atom stereocenters. The van der Waals surface area contributed by atoms with Crippen molar-refractivity contribution < 1.29 is 23.7 Å². The highest BCUT2D eigenvalue weighted by Gasteiger charge is 2.02. The highest BCUT2D eigenvalue weighted by molar-refractivity contribution is 5.95. The molecule has 0 heterocycles. The van der Waals surface area contributed by atoms with Crippen molar-refractivity contribution in [3.8, 4) is 5.75 Å². The Hall–Kier alpha value is -1.43. The molecule has 0 aliphatic heterocycles. The Bertz CT molecular complexity index is 388. The molecule has 21 heavy (non-hydrogen) atoms. The summed E-state index contributed by atoms with van der Waals surface area (Å²) in [7, 11) is 1.64. The minimum absolute atomic E-state index is 0.137. The molecule has 0 saturated heterocycles. The van der Waals surface area contributed by atoms with Crippen molar-refractivity contribution in [2.24, 2.45) is 0 Å². The maximum absolute atomic E-state index is 11.5. The lowest BCUT2D eigenvalue weighted by Crippen LogP contribution is -2.12. The molecule has 0 amide bonds. The standard InChI is InChI=1S/C16H24O5/c1-3-16(17)14-4-6-15(7-5-14)21-13-12-20-11-10-19-9-8-18-2/h4-7H,3,8-13H2,1-2H3. The van der Waals surface area contributed by atoms with Crippen LogP contribution in [0.15, 0.2) is 24.3 Å². The zero-order chi connectivity index (χ0) is 15.3. The van der Waals surface area contributed by atoms with Crippen molar-refractivity contribution in [2.45, 2.75) is 13.3 Å². The zero-order valence-electron chi connectivity index (χ0n) is 12.8. The van der Waals surface area contributed by atoms with Crippen LogP contribution in [0.4, 0.5) is 0 Å². The van der Waals surface area contributed by atoms with Crippen molar-refractivity contribution in [3.63, 3.8) is 0 Å². The fourth-order valence-electron chi connectivity index (χ4n) is 1.62. The van der Waals surface area contributed by atoms with Crippen LogP contribution in [0.25, 0.3) is 0 Å². The molecule has 0 aliphatic carbocycles. The van der Waals surface area contributed by atoms with Crippen molar-refractivity contribution >= 4 is 5.78 Å². The van der Waals surface area contributed by atoms with E-state index in [4.69, 9.17) is 18.9 Å². The predicted octanol–water partition coefficient (Wildman–Crippen LogP) is 2.34. The molecular formula is C16H24O5. The average Bonchev–Trinajstić information content (AvgIpc) is 2.53. The Labute approximate surface area is 126 Å². The number of carbonyl (C=O) groups excluding carboxylic acids is 1. The van der Waals surface area contributed by atoms with Gasteiger partial charge in [0.05, 0.1) is 33.0 Å². The molecule has 0 saturated carbocycles. The van der Waals surface area contributed by atoms with Gasteiger partial charge in [0.25, 0.3) is 0 Å². The van der Waals surface area contributed by atoms with Gasteiger partial charge in [-0.15, -0.1) is 0 Å². The molecule has 1 aromatic rings. The van der Waals surface area contributed by atoms with E-state index in [1.807, 2.05) is 6.92 Å². The highest BCUT2D eigenvalue weighted by Crippen LogP contribution is 2.13. The third kappa shape index (κ3) is 7.80. The van der Waals surface area contributed by atoms with Crippen molar-refractivity contribution in [3.05, 3.63) is 29.8 Å². The van der Waals surface area contributed by atoms with E-state index in [-0.39, 0.29) is 5.78 Å². The molecule has 5 nitrogen and oxygen atoms in total. The second-order valence-corrected chi connectivity index (χ2v) is 4.37. The molecule has 0 unspecified atom stereocenters. The van der Waals surface area contributed by atoms with Crippen molar-refractivity contribution in [1.82, 2.24) is 0 Å². The second kappa shape index (κ2) is 11.3. The van der Waals surface area contributed by atoms with Gasteiger partial charge in [0.1, 0.15) is 12.4 Å². The van der Waals surface area contributed by atoms with Crippen LogP contribution in [0.5, 0.6) is 5.75 Å². The minimum Gasteiger partial charge on any atom is -0.491 e. The van der Waals surface area contributed by atoms with Crippen LogP contribution in [-0.2, 0) is 14.2 Å². The molecule has 118 valence electrons. The lowest BCUT2D eigenvalue weighted by molar-refractivity contribution is 0.0180. The number of hydrogen-bond acceptors (Lipinski definition) is 5. The van der Waals surface area contributed by atoms with Gasteiger partial charge in [-0.2, -0.15) is 0 Å². The number of ketones is 1. The summed E-state index contributed by atoms with van der Waals surface area (Å²) in [6.45, 7) is 5.10. The lowest BCUT2D eigenvalue weighted by Gasteiger charge is -2.08. The van der Waals surface area contributed by atoms with Crippen molar-refractivity contribution in [1.29, 1.82) is 0 Å². The van der Waals surface area contributed by atoms with E-state index in [1.165, 1.54) is 0 Å². The van der Waals surface area contributed by atoms with E-state index in [2.05, 4.69) is 0 Å². The van der Waals surface area contributed by atoms with E-state index in [9.17, 15) is 4.79 Å². The molecule has 0 aromatic heterocycles. The zero-order valence-corrected chi connectivity index (χ0v) is 12.8. The number of rotatable bonds is 12. The third-order valence-electron chi connectivity index (χ3n) is 2.80. The maximum atomic E-state index is 11.5. The summed E-state index contributed by atoms with van der Waals surface area (Å²) in [6.07, 6.45) is 0.514. The summed E-state index contributed by atoms with van der Waals surface area (Å²) in [6, 6.07) is 7.17. The Balaban J connectivity index is 2.06. The van der Waals surface area contributed by atoms with E-state index in [1.54, 1.807) is 31.4 Å². The Kier molecular flexibility index (Phi) is 9.44. The van der Waals surface area contributed by atoms with Gasteiger partial charge in [-0.3, -0.25) is 4.79 Å². The molecule has 1 aromatic carbocycles. The van der Waals surface area contributed by atoms with Crippen LogP contribution >= 0.6 is 0 Å². The smallest absolute Gasteiger partial charge is 0.162 e. The van der Waals surface area contributed by atoms with E-state index in [0.29, 0.717) is 51.6 Å². The van der Waals surface area contributed by atoms with Crippen LogP contribution in [0.1, 0.15) is 23.7 Å². The van der Waals surface area contributed by atoms with Crippen LogP contribution in [0.3, 0.4) is 0 Å². The first-order chi connectivity index (χ1) is 10.3. The monoisotopic (exact) mass is 296 g/mol. The number of benzene rings is 1. The first-order valence-electron chi connectivity index (χ1n) is 7.18. The topological polar surface area (TPSA) is 54.0 Å². The van der Waals surface area contributed by atoms with E-state index >= 15 is 0 Å². The Morgan fingerprint density at radius 1 is 0.905 bits per heavy atom. The SMILES string of the molecule is CCC(=O)c1ccc(OCCOCCOCCOC)cc1. The molecule has 1 rings (SSSR count). The minimum atomic E-state index is 0.137.